The molecule has 3 fully saturated rings. The van der Waals surface area contributed by atoms with E-state index in [1.54, 1.807) is 0 Å². The molecule has 4 atom stereocenters. The molecule has 2 aliphatic carbocycles. The lowest BCUT2D eigenvalue weighted by Crippen LogP contribution is -2.32. The molecule has 1 heterocycles. The lowest BCUT2D eigenvalue weighted by atomic mass is 9.81. The van der Waals surface area contributed by atoms with E-state index in [-0.39, 0.29) is 41.2 Å². The zero-order valence-corrected chi connectivity index (χ0v) is 11.6. The van der Waals surface area contributed by atoms with Crippen molar-refractivity contribution in [2.24, 2.45) is 23.7 Å². The third kappa shape index (κ3) is 1.76. The molecule has 3 nitrogen and oxygen atoms in total. The summed E-state index contributed by atoms with van der Waals surface area (Å²) in [4.78, 5) is 26.1. The van der Waals surface area contributed by atoms with Gasteiger partial charge in [-0.15, -0.1) is 0 Å². The van der Waals surface area contributed by atoms with Crippen LogP contribution in [0.25, 0.3) is 0 Å². The van der Waals surface area contributed by atoms with Crippen molar-refractivity contribution in [1.29, 1.82) is 0 Å². The number of nitrogens with zero attached hydrogens (tertiary/aromatic N) is 1. The number of imide groups is 1. The maximum atomic E-state index is 12.8. The molecule has 1 saturated heterocycles. The van der Waals surface area contributed by atoms with Crippen LogP contribution in [-0.4, -0.2) is 11.8 Å². The molecular formula is C16H14F3NO2. The van der Waals surface area contributed by atoms with E-state index in [1.807, 2.05) is 0 Å². The van der Waals surface area contributed by atoms with Gasteiger partial charge in [-0.25, -0.2) is 0 Å². The number of halogens is 3. The number of hydrogen-bond acceptors (Lipinski definition) is 2. The Balaban J connectivity index is 1.72. The van der Waals surface area contributed by atoms with Gasteiger partial charge in [0.05, 0.1) is 23.1 Å². The Hall–Kier alpha value is -1.85. The molecular weight excluding hydrogens is 295 g/mol. The summed E-state index contributed by atoms with van der Waals surface area (Å²) in [6, 6.07) is 4.47. The van der Waals surface area contributed by atoms with Crippen LogP contribution in [0.2, 0.25) is 0 Å². The molecule has 0 aromatic heterocycles. The second-order valence-corrected chi connectivity index (χ2v) is 6.44. The normalized spacial score (nSPS) is 33.7. The van der Waals surface area contributed by atoms with Gasteiger partial charge in [0.15, 0.2) is 0 Å². The lowest BCUT2D eigenvalue weighted by Gasteiger charge is -2.19. The number of rotatable bonds is 1. The van der Waals surface area contributed by atoms with Gasteiger partial charge in [-0.3, -0.25) is 14.5 Å². The topological polar surface area (TPSA) is 37.4 Å². The average molecular weight is 309 g/mol. The van der Waals surface area contributed by atoms with E-state index in [0.717, 1.165) is 36.3 Å². The first kappa shape index (κ1) is 13.8. The number of benzene rings is 1. The Morgan fingerprint density at radius 2 is 1.59 bits per heavy atom. The van der Waals surface area contributed by atoms with Gasteiger partial charge in [-0.2, -0.15) is 13.2 Å². The Morgan fingerprint density at radius 1 is 1.00 bits per heavy atom. The second kappa shape index (κ2) is 4.33. The van der Waals surface area contributed by atoms with E-state index >= 15 is 0 Å². The van der Waals surface area contributed by atoms with Crippen LogP contribution in [0.5, 0.6) is 0 Å². The third-order valence-electron chi connectivity index (χ3n) is 5.36. The van der Waals surface area contributed by atoms with Gasteiger partial charge in [0.1, 0.15) is 0 Å². The molecule has 0 spiro atoms. The van der Waals surface area contributed by atoms with Crippen molar-refractivity contribution in [2.45, 2.75) is 25.4 Å². The molecule has 22 heavy (non-hydrogen) atoms. The lowest BCUT2D eigenvalue weighted by molar-refractivity contribution is -0.137. The van der Waals surface area contributed by atoms with Gasteiger partial charge in [0.25, 0.3) is 0 Å². The number of hydrogen-bond donors (Lipinski definition) is 0. The number of carbonyl (C=O) groups excluding carboxylic acids is 2. The predicted molar refractivity (Wildman–Crippen MR) is 71.7 cm³/mol. The average Bonchev–Trinajstić information content (AvgIpc) is 3.12. The van der Waals surface area contributed by atoms with Crippen molar-refractivity contribution in [3.63, 3.8) is 0 Å². The van der Waals surface area contributed by atoms with Crippen molar-refractivity contribution in [3.05, 3.63) is 29.8 Å². The molecule has 2 bridgehead atoms. The monoisotopic (exact) mass is 309 g/mol. The van der Waals surface area contributed by atoms with Gasteiger partial charge in [-0.05, 0) is 49.3 Å². The van der Waals surface area contributed by atoms with E-state index in [1.165, 1.54) is 12.1 Å². The number of fused-ring (bicyclic) bond motifs is 5. The molecule has 1 aliphatic heterocycles. The molecule has 3 aliphatic rings. The number of alkyl halides is 3. The molecule has 4 rings (SSSR count). The Bertz CT molecular complexity index is 642. The maximum absolute atomic E-state index is 12.8. The smallest absolute Gasteiger partial charge is 0.274 e. The first-order valence-electron chi connectivity index (χ1n) is 7.43. The Labute approximate surface area is 125 Å². The summed E-state index contributed by atoms with van der Waals surface area (Å²) in [5.74, 6) is -0.825. The summed E-state index contributed by atoms with van der Waals surface area (Å²) in [5, 5.41) is 0. The van der Waals surface area contributed by atoms with E-state index in [0.29, 0.717) is 0 Å². The van der Waals surface area contributed by atoms with Gasteiger partial charge in [0, 0.05) is 0 Å². The molecule has 116 valence electrons. The van der Waals surface area contributed by atoms with Crippen LogP contribution in [0.3, 0.4) is 0 Å². The molecule has 2 saturated carbocycles. The number of anilines is 1. The van der Waals surface area contributed by atoms with Crippen molar-refractivity contribution < 1.29 is 22.8 Å². The summed E-state index contributed by atoms with van der Waals surface area (Å²) in [6.45, 7) is 0. The van der Waals surface area contributed by atoms with Gasteiger partial charge >= 0.3 is 6.18 Å². The van der Waals surface area contributed by atoms with Crippen molar-refractivity contribution in [2.75, 3.05) is 4.90 Å². The Morgan fingerprint density at radius 3 is 2.14 bits per heavy atom. The fraction of sp³-hybridized carbons (Fsp3) is 0.500. The minimum Gasteiger partial charge on any atom is -0.274 e. The first-order valence-corrected chi connectivity index (χ1v) is 7.43. The van der Waals surface area contributed by atoms with Crippen LogP contribution in [-0.2, 0) is 15.8 Å². The van der Waals surface area contributed by atoms with Crippen molar-refractivity contribution in [3.8, 4) is 0 Å². The summed E-state index contributed by atoms with van der Waals surface area (Å²) in [6.07, 6.45) is -1.69. The van der Waals surface area contributed by atoms with Gasteiger partial charge in [0.2, 0.25) is 11.8 Å². The zero-order chi connectivity index (χ0) is 15.6. The van der Waals surface area contributed by atoms with Crippen molar-refractivity contribution >= 4 is 17.5 Å². The van der Waals surface area contributed by atoms with Crippen LogP contribution in [0, 0.1) is 23.7 Å². The van der Waals surface area contributed by atoms with E-state index in [2.05, 4.69) is 0 Å². The van der Waals surface area contributed by atoms with E-state index in [9.17, 15) is 22.8 Å². The molecule has 0 unspecified atom stereocenters. The van der Waals surface area contributed by atoms with E-state index in [4.69, 9.17) is 0 Å². The van der Waals surface area contributed by atoms with Crippen LogP contribution in [0.15, 0.2) is 24.3 Å². The highest BCUT2D eigenvalue weighted by Crippen LogP contribution is 2.56. The molecule has 0 N–H and O–H groups in total. The molecule has 6 heteroatoms. The molecule has 1 aromatic carbocycles. The van der Waals surface area contributed by atoms with Crippen LogP contribution in [0.1, 0.15) is 24.8 Å². The Kier molecular flexibility index (Phi) is 2.72. The summed E-state index contributed by atoms with van der Waals surface area (Å²) >= 11 is 0. The standard InChI is InChI=1S/C16H14F3NO2/c17-16(18,19)10-2-1-3-11(7-10)20-14(21)12-8-4-5-9(6-8)13(12)15(20)22/h1-3,7-9,12-13H,4-6H2/t8-,9+,12-,13+. The highest BCUT2D eigenvalue weighted by atomic mass is 19.4. The zero-order valence-electron chi connectivity index (χ0n) is 11.6. The quantitative estimate of drug-likeness (QED) is 0.747. The van der Waals surface area contributed by atoms with Crippen LogP contribution >= 0.6 is 0 Å². The molecule has 2 amide bonds. The summed E-state index contributed by atoms with van der Waals surface area (Å²) in [7, 11) is 0. The van der Waals surface area contributed by atoms with Crippen LogP contribution in [0.4, 0.5) is 18.9 Å². The minimum absolute atomic E-state index is 0.0404. The molecule has 1 aromatic rings. The first-order chi connectivity index (χ1) is 10.4. The fourth-order valence-corrected chi connectivity index (χ4v) is 4.48. The maximum Gasteiger partial charge on any atom is 0.416 e. The number of amides is 2. The second-order valence-electron chi connectivity index (χ2n) is 6.44. The van der Waals surface area contributed by atoms with E-state index < -0.39 is 11.7 Å². The molecule has 0 radical (unpaired) electrons. The minimum atomic E-state index is -4.49. The largest absolute Gasteiger partial charge is 0.416 e. The summed E-state index contributed by atoms with van der Waals surface area (Å²) < 4.78 is 38.5. The van der Waals surface area contributed by atoms with Gasteiger partial charge in [-0.1, -0.05) is 6.07 Å². The number of carbonyl (C=O) groups is 2. The van der Waals surface area contributed by atoms with Crippen molar-refractivity contribution in [1.82, 2.24) is 0 Å². The highest BCUT2D eigenvalue weighted by Gasteiger charge is 2.61. The SMILES string of the molecule is O=C1[C@@H]2[C@@H]3CC[C@@H](C3)[C@@H]2C(=O)N1c1cccc(C(F)(F)F)c1. The summed E-state index contributed by atoms with van der Waals surface area (Å²) in [5.41, 5.74) is -0.802. The third-order valence-corrected chi connectivity index (χ3v) is 5.36. The van der Waals surface area contributed by atoms with Crippen LogP contribution < -0.4 is 4.90 Å². The predicted octanol–water partition coefficient (Wildman–Crippen LogP) is 3.24. The highest BCUT2D eigenvalue weighted by molar-refractivity contribution is 6.22. The fourth-order valence-electron chi connectivity index (χ4n) is 4.48. The van der Waals surface area contributed by atoms with Gasteiger partial charge < -0.3 is 0 Å².